The van der Waals surface area contributed by atoms with Crippen molar-refractivity contribution in [3.05, 3.63) is 41.5 Å². The molecule has 0 aliphatic heterocycles. The van der Waals surface area contributed by atoms with Gasteiger partial charge in [-0.2, -0.15) is 0 Å². The lowest BCUT2D eigenvalue weighted by Gasteiger charge is -2.28. The molecule has 1 aliphatic rings. The first-order valence-electron chi connectivity index (χ1n) is 6.71. The Morgan fingerprint density at radius 3 is 2.58 bits per heavy atom. The third kappa shape index (κ3) is 3.67. The van der Waals surface area contributed by atoms with E-state index in [1.54, 1.807) is 6.08 Å². The molecule has 1 saturated carbocycles. The van der Waals surface area contributed by atoms with Crippen LogP contribution in [0.4, 0.5) is 0 Å². The van der Waals surface area contributed by atoms with Crippen LogP contribution in [0.3, 0.4) is 0 Å². The second-order valence-electron chi connectivity index (χ2n) is 5.58. The molecule has 1 aromatic rings. The van der Waals surface area contributed by atoms with E-state index in [0.717, 1.165) is 18.4 Å². The summed E-state index contributed by atoms with van der Waals surface area (Å²) in [6.07, 6.45) is 5.48. The fourth-order valence-corrected chi connectivity index (χ4v) is 2.16. The van der Waals surface area contributed by atoms with Crippen molar-refractivity contribution < 1.29 is 9.90 Å². The number of rotatable bonds is 5. The summed E-state index contributed by atoms with van der Waals surface area (Å²) in [6.45, 7) is 3.92. The lowest BCUT2D eigenvalue weighted by Crippen LogP contribution is -2.50. The lowest BCUT2D eigenvalue weighted by atomic mass is 9.97. The van der Waals surface area contributed by atoms with E-state index in [0.29, 0.717) is 5.92 Å². The van der Waals surface area contributed by atoms with Gasteiger partial charge in [0.2, 0.25) is 5.91 Å². The van der Waals surface area contributed by atoms with Crippen molar-refractivity contribution in [2.75, 3.05) is 6.61 Å². The molecular formula is C16H21NO2. The van der Waals surface area contributed by atoms with Gasteiger partial charge in [0.15, 0.2) is 0 Å². The van der Waals surface area contributed by atoms with Gasteiger partial charge in [-0.25, -0.2) is 0 Å². The zero-order valence-electron chi connectivity index (χ0n) is 11.5. The van der Waals surface area contributed by atoms with E-state index in [1.165, 1.54) is 11.6 Å². The number of hydrogen-bond donors (Lipinski definition) is 2. The first-order chi connectivity index (χ1) is 9.03. The van der Waals surface area contributed by atoms with Gasteiger partial charge in [-0.1, -0.05) is 29.8 Å². The van der Waals surface area contributed by atoms with E-state index < -0.39 is 5.54 Å². The molecule has 0 aromatic heterocycles. The van der Waals surface area contributed by atoms with Crippen LogP contribution in [0.25, 0.3) is 6.08 Å². The molecule has 1 fully saturated rings. The Morgan fingerprint density at radius 1 is 1.42 bits per heavy atom. The minimum Gasteiger partial charge on any atom is -0.394 e. The second-order valence-corrected chi connectivity index (χ2v) is 5.58. The van der Waals surface area contributed by atoms with Gasteiger partial charge in [0.05, 0.1) is 12.1 Å². The Hall–Kier alpha value is -1.61. The molecule has 2 N–H and O–H groups in total. The number of carbonyl (C=O) groups is 1. The van der Waals surface area contributed by atoms with Crippen LogP contribution in [0.15, 0.2) is 30.3 Å². The van der Waals surface area contributed by atoms with Crippen molar-refractivity contribution in [1.82, 2.24) is 5.32 Å². The molecule has 1 aliphatic carbocycles. The largest absolute Gasteiger partial charge is 0.394 e. The van der Waals surface area contributed by atoms with Crippen molar-refractivity contribution in [3.63, 3.8) is 0 Å². The zero-order valence-corrected chi connectivity index (χ0v) is 11.5. The Balaban J connectivity index is 1.95. The molecule has 1 unspecified atom stereocenters. The highest BCUT2D eigenvalue weighted by Crippen LogP contribution is 2.39. The van der Waals surface area contributed by atoms with Gasteiger partial charge in [-0.15, -0.1) is 0 Å². The molecular weight excluding hydrogens is 238 g/mol. The maximum Gasteiger partial charge on any atom is 0.244 e. The van der Waals surface area contributed by atoms with Crippen molar-refractivity contribution in [2.24, 2.45) is 5.92 Å². The van der Waals surface area contributed by atoms with Gasteiger partial charge in [0.1, 0.15) is 0 Å². The monoisotopic (exact) mass is 259 g/mol. The highest BCUT2D eigenvalue weighted by atomic mass is 16.3. The quantitative estimate of drug-likeness (QED) is 0.797. The first-order valence-corrected chi connectivity index (χ1v) is 6.71. The molecule has 0 heterocycles. The maximum absolute atomic E-state index is 11.9. The van der Waals surface area contributed by atoms with Crippen molar-refractivity contribution in [2.45, 2.75) is 32.2 Å². The summed E-state index contributed by atoms with van der Waals surface area (Å²) in [5.41, 5.74) is 1.72. The number of aryl methyl sites for hydroxylation is 1. The highest BCUT2D eigenvalue weighted by Gasteiger charge is 2.41. The summed E-state index contributed by atoms with van der Waals surface area (Å²) >= 11 is 0. The van der Waals surface area contributed by atoms with E-state index >= 15 is 0 Å². The summed E-state index contributed by atoms with van der Waals surface area (Å²) < 4.78 is 0. The summed E-state index contributed by atoms with van der Waals surface area (Å²) in [6, 6.07) is 7.98. The average molecular weight is 259 g/mol. The molecule has 1 amide bonds. The number of carbonyl (C=O) groups excluding carboxylic acids is 1. The van der Waals surface area contributed by atoms with Crippen molar-refractivity contribution in [1.29, 1.82) is 0 Å². The number of hydrogen-bond acceptors (Lipinski definition) is 2. The van der Waals surface area contributed by atoms with E-state index in [4.69, 9.17) is 0 Å². The Labute approximate surface area is 114 Å². The predicted molar refractivity (Wildman–Crippen MR) is 76.6 cm³/mol. The molecule has 3 nitrogen and oxygen atoms in total. The number of aliphatic hydroxyl groups is 1. The Kier molecular flexibility index (Phi) is 4.05. The van der Waals surface area contributed by atoms with Crippen LogP contribution < -0.4 is 5.32 Å². The molecule has 102 valence electrons. The van der Waals surface area contributed by atoms with Crippen LogP contribution in [0, 0.1) is 12.8 Å². The van der Waals surface area contributed by atoms with E-state index in [-0.39, 0.29) is 12.5 Å². The fourth-order valence-electron chi connectivity index (χ4n) is 2.16. The fraction of sp³-hybridized carbons (Fsp3) is 0.438. The number of benzene rings is 1. The molecule has 1 atom stereocenters. The van der Waals surface area contributed by atoms with Crippen LogP contribution in [0.1, 0.15) is 30.9 Å². The van der Waals surface area contributed by atoms with Crippen LogP contribution in [0.5, 0.6) is 0 Å². The minimum atomic E-state index is -0.477. The molecule has 3 heteroatoms. The van der Waals surface area contributed by atoms with Gasteiger partial charge in [0, 0.05) is 6.08 Å². The molecule has 0 radical (unpaired) electrons. The smallest absolute Gasteiger partial charge is 0.244 e. The van der Waals surface area contributed by atoms with Crippen LogP contribution in [-0.4, -0.2) is 23.2 Å². The minimum absolute atomic E-state index is 0.0121. The molecule has 2 rings (SSSR count). The van der Waals surface area contributed by atoms with Crippen LogP contribution >= 0.6 is 0 Å². The highest BCUT2D eigenvalue weighted by molar-refractivity contribution is 5.92. The van der Waals surface area contributed by atoms with E-state index in [9.17, 15) is 9.90 Å². The van der Waals surface area contributed by atoms with E-state index in [1.807, 2.05) is 38.1 Å². The molecule has 0 spiro atoms. The van der Waals surface area contributed by atoms with Gasteiger partial charge in [-0.05, 0) is 44.2 Å². The van der Waals surface area contributed by atoms with Gasteiger partial charge >= 0.3 is 0 Å². The third-order valence-electron chi connectivity index (χ3n) is 3.72. The van der Waals surface area contributed by atoms with Crippen molar-refractivity contribution >= 4 is 12.0 Å². The van der Waals surface area contributed by atoms with Crippen molar-refractivity contribution in [3.8, 4) is 0 Å². The molecule has 19 heavy (non-hydrogen) atoms. The Morgan fingerprint density at radius 2 is 2.05 bits per heavy atom. The molecule has 0 saturated heterocycles. The van der Waals surface area contributed by atoms with Gasteiger partial charge < -0.3 is 10.4 Å². The third-order valence-corrected chi connectivity index (χ3v) is 3.72. The second kappa shape index (κ2) is 5.57. The summed E-state index contributed by atoms with van der Waals surface area (Å²) in [7, 11) is 0. The summed E-state index contributed by atoms with van der Waals surface area (Å²) in [4.78, 5) is 11.9. The Bertz CT molecular complexity index is 474. The number of aliphatic hydroxyl groups excluding tert-OH is 1. The average Bonchev–Trinajstić information content (AvgIpc) is 3.22. The standard InChI is InChI=1S/C16H21NO2/c1-12-3-5-13(6-4-12)7-10-15(19)17-16(2,11-18)14-8-9-14/h3-7,10,14,18H,8-9,11H2,1-2H3,(H,17,19)/b10-7+. The summed E-state index contributed by atoms with van der Waals surface area (Å²) in [5.74, 6) is 0.262. The normalized spacial score (nSPS) is 18.3. The van der Waals surface area contributed by atoms with E-state index in [2.05, 4.69) is 5.32 Å². The van der Waals surface area contributed by atoms with Gasteiger partial charge in [0.25, 0.3) is 0 Å². The maximum atomic E-state index is 11.9. The summed E-state index contributed by atoms with van der Waals surface area (Å²) in [5, 5.41) is 12.3. The first kappa shape index (κ1) is 13.8. The number of nitrogens with one attached hydrogen (secondary N) is 1. The van der Waals surface area contributed by atoms with Gasteiger partial charge in [-0.3, -0.25) is 4.79 Å². The molecule has 1 aromatic carbocycles. The van der Waals surface area contributed by atoms with Crippen LogP contribution in [-0.2, 0) is 4.79 Å². The topological polar surface area (TPSA) is 49.3 Å². The molecule has 0 bridgehead atoms. The SMILES string of the molecule is Cc1ccc(/C=C/C(=O)NC(C)(CO)C2CC2)cc1. The number of amides is 1. The predicted octanol–water partition coefficient (Wildman–Crippen LogP) is 2.29. The lowest BCUT2D eigenvalue weighted by molar-refractivity contribution is -0.119. The zero-order chi connectivity index (χ0) is 13.9. The van der Waals surface area contributed by atoms with Crippen LogP contribution in [0.2, 0.25) is 0 Å².